The molecule has 0 aromatic heterocycles. The van der Waals surface area contributed by atoms with E-state index in [1.165, 1.54) is 0 Å². The van der Waals surface area contributed by atoms with Gasteiger partial charge in [-0.05, 0) is 24.6 Å². The average Bonchev–Trinajstić information content (AvgIpc) is 2.06. The van der Waals surface area contributed by atoms with Gasteiger partial charge >= 0.3 is 0 Å². The smallest absolute Gasteiger partial charge is 0.0199 e. The molecule has 0 saturated heterocycles. The molecular formula is C10H12ClN. The minimum Gasteiger partial charge on any atom is -0.330 e. The van der Waals surface area contributed by atoms with Crippen LogP contribution in [0.15, 0.2) is 35.4 Å². The second-order valence-electron chi connectivity index (χ2n) is 2.54. The Morgan fingerprint density at radius 3 is 2.58 bits per heavy atom. The zero-order valence-electron chi connectivity index (χ0n) is 6.83. The number of halogens is 1. The second kappa shape index (κ2) is 4.96. The lowest BCUT2D eigenvalue weighted by molar-refractivity contribution is 0.998. The summed E-state index contributed by atoms with van der Waals surface area (Å²) >= 11 is 5.90. The fourth-order valence-electron chi connectivity index (χ4n) is 0.940. The number of hydrogen-bond acceptors (Lipinski definition) is 1. The molecule has 1 aromatic carbocycles. The standard InChI is InChI=1S/C10H12ClN/c11-10(6-7-12)8-9-4-2-1-3-5-9/h1-5,8H,6-7,12H2/b10-8+. The third-order valence-corrected chi connectivity index (χ3v) is 1.80. The maximum absolute atomic E-state index is 5.90. The van der Waals surface area contributed by atoms with E-state index >= 15 is 0 Å². The van der Waals surface area contributed by atoms with Crippen molar-refractivity contribution in [2.75, 3.05) is 6.54 Å². The lowest BCUT2D eigenvalue weighted by Gasteiger charge is -1.95. The summed E-state index contributed by atoms with van der Waals surface area (Å²) < 4.78 is 0. The van der Waals surface area contributed by atoms with E-state index in [1.807, 2.05) is 36.4 Å². The molecule has 1 nitrogen and oxygen atoms in total. The van der Waals surface area contributed by atoms with Crippen LogP contribution in [0, 0.1) is 0 Å². The second-order valence-corrected chi connectivity index (χ2v) is 3.03. The zero-order chi connectivity index (χ0) is 8.81. The van der Waals surface area contributed by atoms with Gasteiger partial charge in [0.15, 0.2) is 0 Å². The van der Waals surface area contributed by atoms with E-state index in [-0.39, 0.29) is 0 Å². The van der Waals surface area contributed by atoms with Crippen molar-refractivity contribution >= 4 is 17.7 Å². The lowest BCUT2D eigenvalue weighted by atomic mass is 10.2. The Kier molecular flexibility index (Phi) is 3.85. The molecule has 0 fully saturated rings. The fourth-order valence-corrected chi connectivity index (χ4v) is 1.18. The average molecular weight is 182 g/mol. The molecule has 0 unspecified atom stereocenters. The van der Waals surface area contributed by atoms with E-state index in [0.29, 0.717) is 6.54 Å². The van der Waals surface area contributed by atoms with Crippen LogP contribution in [0.4, 0.5) is 0 Å². The van der Waals surface area contributed by atoms with Crippen molar-refractivity contribution in [1.29, 1.82) is 0 Å². The van der Waals surface area contributed by atoms with Crippen LogP contribution in [0.25, 0.3) is 6.08 Å². The monoisotopic (exact) mass is 181 g/mol. The number of benzene rings is 1. The largest absolute Gasteiger partial charge is 0.330 e. The summed E-state index contributed by atoms with van der Waals surface area (Å²) in [6, 6.07) is 9.98. The molecule has 0 aliphatic carbocycles. The molecular weight excluding hydrogens is 170 g/mol. The summed E-state index contributed by atoms with van der Waals surface area (Å²) in [6.45, 7) is 0.599. The van der Waals surface area contributed by atoms with Crippen LogP contribution in [0.3, 0.4) is 0 Å². The summed E-state index contributed by atoms with van der Waals surface area (Å²) in [6.07, 6.45) is 2.69. The molecule has 0 aliphatic rings. The normalized spacial score (nSPS) is 11.7. The van der Waals surface area contributed by atoms with Crippen LogP contribution in [-0.4, -0.2) is 6.54 Å². The molecule has 1 rings (SSSR count). The van der Waals surface area contributed by atoms with Crippen LogP contribution in [0.2, 0.25) is 0 Å². The molecule has 1 aromatic rings. The zero-order valence-corrected chi connectivity index (χ0v) is 7.59. The maximum Gasteiger partial charge on any atom is 0.0199 e. The molecule has 0 heterocycles. The van der Waals surface area contributed by atoms with Gasteiger partial charge in [-0.25, -0.2) is 0 Å². The summed E-state index contributed by atoms with van der Waals surface area (Å²) in [7, 11) is 0. The van der Waals surface area contributed by atoms with Crippen molar-refractivity contribution in [3.05, 3.63) is 40.9 Å². The number of nitrogens with two attached hydrogens (primary N) is 1. The van der Waals surface area contributed by atoms with Gasteiger partial charge in [0.25, 0.3) is 0 Å². The van der Waals surface area contributed by atoms with Crippen molar-refractivity contribution in [3.63, 3.8) is 0 Å². The molecule has 12 heavy (non-hydrogen) atoms. The first-order chi connectivity index (χ1) is 5.83. The minimum absolute atomic E-state index is 0.599. The molecule has 0 spiro atoms. The molecule has 2 heteroatoms. The molecule has 2 N–H and O–H groups in total. The Balaban J connectivity index is 2.67. The van der Waals surface area contributed by atoms with Gasteiger partial charge in [0.2, 0.25) is 0 Å². The maximum atomic E-state index is 5.90. The van der Waals surface area contributed by atoms with Gasteiger partial charge in [-0.1, -0.05) is 41.9 Å². The van der Waals surface area contributed by atoms with Crippen molar-refractivity contribution in [3.8, 4) is 0 Å². The van der Waals surface area contributed by atoms with Gasteiger partial charge in [0.05, 0.1) is 0 Å². The van der Waals surface area contributed by atoms with Crippen molar-refractivity contribution in [1.82, 2.24) is 0 Å². The quantitative estimate of drug-likeness (QED) is 0.763. The van der Waals surface area contributed by atoms with Crippen LogP contribution in [0.1, 0.15) is 12.0 Å². The highest BCUT2D eigenvalue weighted by Gasteiger charge is 1.90. The van der Waals surface area contributed by atoms with Crippen LogP contribution in [-0.2, 0) is 0 Å². The Hall–Kier alpha value is -0.790. The summed E-state index contributed by atoms with van der Waals surface area (Å²) in [5.41, 5.74) is 6.48. The van der Waals surface area contributed by atoms with E-state index < -0.39 is 0 Å². The predicted octanol–water partition coefficient (Wildman–Crippen LogP) is 2.62. The Labute approximate surface area is 77.8 Å². The van der Waals surface area contributed by atoms with Crippen LogP contribution >= 0.6 is 11.6 Å². The molecule has 0 radical (unpaired) electrons. The first-order valence-electron chi connectivity index (χ1n) is 3.94. The summed E-state index contributed by atoms with van der Waals surface area (Å²) in [5, 5.41) is 0.809. The predicted molar refractivity (Wildman–Crippen MR) is 53.9 cm³/mol. The summed E-state index contributed by atoms with van der Waals surface area (Å²) in [5.74, 6) is 0. The van der Waals surface area contributed by atoms with Crippen molar-refractivity contribution < 1.29 is 0 Å². The fraction of sp³-hybridized carbons (Fsp3) is 0.200. The van der Waals surface area contributed by atoms with Crippen LogP contribution < -0.4 is 5.73 Å². The molecule has 0 atom stereocenters. The summed E-state index contributed by atoms with van der Waals surface area (Å²) in [4.78, 5) is 0. The Morgan fingerprint density at radius 1 is 1.33 bits per heavy atom. The first kappa shape index (κ1) is 9.30. The number of rotatable bonds is 3. The van der Waals surface area contributed by atoms with Gasteiger partial charge in [-0.3, -0.25) is 0 Å². The van der Waals surface area contributed by atoms with E-state index in [2.05, 4.69) is 0 Å². The highest BCUT2D eigenvalue weighted by molar-refractivity contribution is 6.31. The Bertz CT molecular complexity index is 254. The van der Waals surface area contributed by atoms with E-state index in [1.54, 1.807) is 0 Å². The topological polar surface area (TPSA) is 26.0 Å². The SMILES string of the molecule is NCC/C(Cl)=C\c1ccccc1. The molecule has 64 valence electrons. The molecule has 0 amide bonds. The first-order valence-corrected chi connectivity index (χ1v) is 4.32. The highest BCUT2D eigenvalue weighted by atomic mass is 35.5. The lowest BCUT2D eigenvalue weighted by Crippen LogP contribution is -1.97. The van der Waals surface area contributed by atoms with Crippen LogP contribution in [0.5, 0.6) is 0 Å². The van der Waals surface area contributed by atoms with E-state index in [0.717, 1.165) is 17.0 Å². The Morgan fingerprint density at radius 2 is 2.00 bits per heavy atom. The molecule has 0 aliphatic heterocycles. The van der Waals surface area contributed by atoms with Gasteiger partial charge in [-0.2, -0.15) is 0 Å². The molecule has 0 bridgehead atoms. The highest BCUT2D eigenvalue weighted by Crippen LogP contribution is 2.12. The van der Waals surface area contributed by atoms with Crippen molar-refractivity contribution in [2.24, 2.45) is 5.73 Å². The minimum atomic E-state index is 0.599. The van der Waals surface area contributed by atoms with Gasteiger partial charge < -0.3 is 5.73 Å². The van der Waals surface area contributed by atoms with Gasteiger partial charge in [-0.15, -0.1) is 0 Å². The third kappa shape index (κ3) is 3.07. The van der Waals surface area contributed by atoms with E-state index in [9.17, 15) is 0 Å². The molecule has 0 saturated carbocycles. The van der Waals surface area contributed by atoms with Gasteiger partial charge in [0, 0.05) is 5.03 Å². The number of hydrogen-bond donors (Lipinski definition) is 1. The van der Waals surface area contributed by atoms with E-state index in [4.69, 9.17) is 17.3 Å². The van der Waals surface area contributed by atoms with Gasteiger partial charge in [0.1, 0.15) is 0 Å². The van der Waals surface area contributed by atoms with Crippen molar-refractivity contribution in [2.45, 2.75) is 6.42 Å². The third-order valence-electron chi connectivity index (χ3n) is 1.51.